The Hall–Kier alpha value is -3.25. The van der Waals surface area contributed by atoms with E-state index in [2.05, 4.69) is 15.3 Å². The fraction of sp³-hybridized carbons (Fsp3) is 0.227. The second-order valence-electron chi connectivity index (χ2n) is 6.69. The molecule has 0 spiro atoms. The molecule has 28 heavy (non-hydrogen) atoms. The first kappa shape index (κ1) is 19.5. The third kappa shape index (κ3) is 4.53. The van der Waals surface area contributed by atoms with Crippen molar-refractivity contribution in [3.8, 4) is 5.75 Å². The zero-order valence-electron chi connectivity index (χ0n) is 15.6. The first-order valence-corrected chi connectivity index (χ1v) is 9.23. The quantitative estimate of drug-likeness (QED) is 0.532. The van der Waals surface area contributed by atoms with Crippen LogP contribution in [0.15, 0.2) is 73.3 Å². The van der Waals surface area contributed by atoms with Gasteiger partial charge in [0.25, 0.3) is 0 Å². The minimum absolute atomic E-state index is 0.0429. The molecule has 1 unspecified atom stereocenters. The van der Waals surface area contributed by atoms with Crippen LogP contribution in [-0.2, 0) is 23.2 Å². The van der Waals surface area contributed by atoms with Crippen molar-refractivity contribution in [2.24, 2.45) is 5.73 Å². The van der Waals surface area contributed by atoms with Crippen LogP contribution in [0.1, 0.15) is 23.1 Å². The van der Waals surface area contributed by atoms with Crippen molar-refractivity contribution >= 4 is 5.91 Å². The van der Waals surface area contributed by atoms with Crippen LogP contribution in [0.4, 0.5) is 0 Å². The summed E-state index contributed by atoms with van der Waals surface area (Å²) in [6.45, 7) is 0.510. The molecule has 3 rings (SSSR count). The number of carbonyl (C=O) groups is 1. The normalized spacial score (nSPS) is 13.0. The molecule has 1 atom stereocenters. The highest BCUT2D eigenvalue weighted by Crippen LogP contribution is 2.33. The summed E-state index contributed by atoms with van der Waals surface area (Å²) < 4.78 is 0. The fourth-order valence-electron chi connectivity index (χ4n) is 3.34. The molecule has 6 nitrogen and oxygen atoms in total. The predicted molar refractivity (Wildman–Crippen MR) is 107 cm³/mol. The van der Waals surface area contributed by atoms with Gasteiger partial charge < -0.3 is 10.8 Å². The maximum absolute atomic E-state index is 12.7. The van der Waals surface area contributed by atoms with Crippen LogP contribution >= 0.6 is 0 Å². The first-order chi connectivity index (χ1) is 13.6. The van der Waals surface area contributed by atoms with Gasteiger partial charge in [0, 0.05) is 36.9 Å². The largest absolute Gasteiger partial charge is 0.508 e. The Bertz CT molecular complexity index is 903. The number of pyridine rings is 2. The summed E-state index contributed by atoms with van der Waals surface area (Å²) in [5.74, 6) is -0.481. The number of nitrogens with two attached hydrogens (primary N) is 1. The molecule has 0 saturated heterocycles. The summed E-state index contributed by atoms with van der Waals surface area (Å²) in [5.41, 5.74) is 7.22. The Labute approximate surface area is 164 Å². The van der Waals surface area contributed by atoms with Crippen LogP contribution < -0.4 is 11.1 Å². The standard InChI is InChI=1S/C22H24N4O2/c23-21(28)22(19-7-1-2-8-20(19)27,11-9-17-5-3-12-24-15-17)26-14-10-18-6-4-13-25-16-18/h1-8,12-13,15-16,26-27H,9-11,14H2,(H2,23,28). The van der Waals surface area contributed by atoms with Crippen molar-refractivity contribution in [2.45, 2.75) is 24.8 Å². The zero-order valence-corrected chi connectivity index (χ0v) is 15.6. The number of benzene rings is 1. The molecule has 0 aliphatic rings. The van der Waals surface area contributed by atoms with Gasteiger partial charge in [-0.25, -0.2) is 0 Å². The number of phenolic OH excluding ortho intramolecular Hbond substituents is 1. The number of aromatic hydroxyl groups is 1. The highest BCUT2D eigenvalue weighted by molar-refractivity contribution is 5.87. The average molecular weight is 376 g/mol. The third-order valence-electron chi connectivity index (χ3n) is 4.86. The van der Waals surface area contributed by atoms with Gasteiger partial charge in [-0.05, 0) is 48.6 Å². The second kappa shape index (κ2) is 9.10. The number of hydrogen-bond acceptors (Lipinski definition) is 5. The molecule has 0 radical (unpaired) electrons. The molecule has 1 aromatic carbocycles. The Morgan fingerprint density at radius 1 is 0.964 bits per heavy atom. The van der Waals surface area contributed by atoms with Crippen LogP contribution in [0, 0.1) is 0 Å². The van der Waals surface area contributed by atoms with Crippen LogP contribution in [0.5, 0.6) is 5.75 Å². The van der Waals surface area contributed by atoms with Gasteiger partial charge in [-0.3, -0.25) is 20.1 Å². The Morgan fingerprint density at radius 2 is 1.61 bits per heavy atom. The summed E-state index contributed by atoms with van der Waals surface area (Å²) in [5, 5.41) is 13.8. The summed E-state index contributed by atoms with van der Waals surface area (Å²) >= 11 is 0. The topological polar surface area (TPSA) is 101 Å². The maximum atomic E-state index is 12.7. The molecule has 144 valence electrons. The smallest absolute Gasteiger partial charge is 0.242 e. The monoisotopic (exact) mass is 376 g/mol. The molecule has 0 bridgehead atoms. The molecule has 0 aliphatic heterocycles. The summed E-state index contributed by atoms with van der Waals surface area (Å²) in [6, 6.07) is 14.5. The van der Waals surface area contributed by atoms with Crippen LogP contribution in [-0.4, -0.2) is 27.5 Å². The molecule has 3 aromatic rings. The van der Waals surface area contributed by atoms with Crippen LogP contribution in [0.3, 0.4) is 0 Å². The van der Waals surface area contributed by atoms with E-state index in [0.717, 1.165) is 11.1 Å². The number of nitrogens with one attached hydrogen (secondary N) is 1. The highest BCUT2D eigenvalue weighted by atomic mass is 16.3. The van der Waals surface area contributed by atoms with Gasteiger partial charge in [0.2, 0.25) is 5.91 Å². The van der Waals surface area contributed by atoms with E-state index in [9.17, 15) is 9.90 Å². The molecular formula is C22H24N4O2. The molecule has 1 amide bonds. The molecule has 4 N–H and O–H groups in total. The fourth-order valence-corrected chi connectivity index (χ4v) is 3.34. The van der Waals surface area contributed by atoms with Gasteiger partial charge in [0.15, 0.2) is 0 Å². The van der Waals surface area contributed by atoms with Gasteiger partial charge in [0.05, 0.1) is 0 Å². The lowest BCUT2D eigenvalue weighted by atomic mass is 9.82. The number of aryl methyl sites for hydroxylation is 1. The van der Waals surface area contributed by atoms with Crippen molar-refractivity contribution in [1.29, 1.82) is 0 Å². The Kier molecular flexibility index (Phi) is 6.34. The van der Waals surface area contributed by atoms with Crippen molar-refractivity contribution in [3.63, 3.8) is 0 Å². The van der Waals surface area contributed by atoms with E-state index < -0.39 is 11.4 Å². The number of carbonyl (C=O) groups excluding carboxylic acids is 1. The van der Waals surface area contributed by atoms with Crippen molar-refractivity contribution in [1.82, 2.24) is 15.3 Å². The number of nitrogens with zero attached hydrogens (tertiary/aromatic N) is 2. The molecule has 0 fully saturated rings. The minimum atomic E-state index is -1.19. The lowest BCUT2D eigenvalue weighted by Gasteiger charge is -2.33. The number of para-hydroxylation sites is 1. The number of primary amides is 1. The van der Waals surface area contributed by atoms with Crippen LogP contribution in [0.2, 0.25) is 0 Å². The highest BCUT2D eigenvalue weighted by Gasteiger charge is 2.39. The van der Waals surface area contributed by atoms with Gasteiger partial charge in [-0.2, -0.15) is 0 Å². The van der Waals surface area contributed by atoms with E-state index in [1.165, 1.54) is 0 Å². The van der Waals surface area contributed by atoms with Crippen LogP contribution in [0.25, 0.3) is 0 Å². The van der Waals surface area contributed by atoms with E-state index in [1.54, 1.807) is 49.1 Å². The van der Waals surface area contributed by atoms with E-state index in [1.807, 2.05) is 24.3 Å². The summed E-state index contributed by atoms with van der Waals surface area (Å²) in [7, 11) is 0. The summed E-state index contributed by atoms with van der Waals surface area (Å²) in [6.07, 6.45) is 8.67. The number of phenols is 1. The van der Waals surface area contributed by atoms with Gasteiger partial charge in [0.1, 0.15) is 11.3 Å². The Balaban J connectivity index is 1.86. The molecule has 2 aromatic heterocycles. The third-order valence-corrected chi connectivity index (χ3v) is 4.86. The number of amides is 1. The van der Waals surface area contributed by atoms with Crippen molar-refractivity contribution < 1.29 is 9.90 Å². The van der Waals surface area contributed by atoms with E-state index >= 15 is 0 Å². The number of aromatic nitrogens is 2. The molecule has 6 heteroatoms. The van der Waals surface area contributed by atoms with E-state index in [4.69, 9.17) is 5.73 Å². The molecule has 2 heterocycles. The maximum Gasteiger partial charge on any atom is 0.242 e. The lowest BCUT2D eigenvalue weighted by Crippen LogP contribution is -2.53. The summed E-state index contributed by atoms with van der Waals surface area (Å²) in [4.78, 5) is 20.9. The first-order valence-electron chi connectivity index (χ1n) is 9.23. The Morgan fingerprint density at radius 3 is 2.18 bits per heavy atom. The number of rotatable bonds is 9. The van der Waals surface area contributed by atoms with Gasteiger partial charge in [-0.1, -0.05) is 30.3 Å². The lowest BCUT2D eigenvalue weighted by molar-refractivity contribution is -0.125. The van der Waals surface area contributed by atoms with E-state index in [0.29, 0.717) is 31.4 Å². The predicted octanol–water partition coefficient (Wildman–Crippen LogP) is 2.33. The molecule has 0 saturated carbocycles. The minimum Gasteiger partial charge on any atom is -0.508 e. The van der Waals surface area contributed by atoms with Gasteiger partial charge >= 0.3 is 0 Å². The molecule has 0 aliphatic carbocycles. The number of hydrogen-bond donors (Lipinski definition) is 3. The second-order valence-corrected chi connectivity index (χ2v) is 6.69. The van der Waals surface area contributed by atoms with Crippen molar-refractivity contribution in [2.75, 3.05) is 6.54 Å². The molecular weight excluding hydrogens is 352 g/mol. The average Bonchev–Trinajstić information content (AvgIpc) is 2.72. The zero-order chi connectivity index (χ0) is 19.8. The van der Waals surface area contributed by atoms with E-state index in [-0.39, 0.29) is 5.75 Å². The van der Waals surface area contributed by atoms with Crippen molar-refractivity contribution in [3.05, 3.63) is 90.0 Å². The SMILES string of the molecule is NC(=O)C(CCc1cccnc1)(NCCc1cccnc1)c1ccccc1O. The van der Waals surface area contributed by atoms with Gasteiger partial charge in [-0.15, -0.1) is 0 Å².